The molecular weight excluding hydrogens is 540 g/mol. The number of anilines is 3. The van der Waals surface area contributed by atoms with Crippen molar-refractivity contribution in [1.82, 2.24) is 25.2 Å². The molecule has 0 spiro atoms. The van der Waals surface area contributed by atoms with Crippen LogP contribution in [0.2, 0.25) is 0 Å². The Kier molecular flexibility index (Phi) is 8.89. The Morgan fingerprint density at radius 3 is 2.41 bits per heavy atom. The molecule has 0 radical (unpaired) electrons. The lowest BCUT2D eigenvalue weighted by Crippen LogP contribution is -2.47. The quantitative estimate of drug-likeness (QED) is 0.350. The van der Waals surface area contributed by atoms with Crippen LogP contribution < -0.4 is 20.3 Å². The first kappa shape index (κ1) is 28.9. The minimum atomic E-state index is -3.64. The molecule has 0 bridgehead atoms. The molecule has 14 heteroatoms. The third-order valence-electron chi connectivity index (χ3n) is 6.37. The van der Waals surface area contributed by atoms with Crippen LogP contribution in [-0.2, 0) is 14.8 Å². The van der Waals surface area contributed by atoms with Gasteiger partial charge >= 0.3 is 6.03 Å². The molecule has 39 heavy (non-hydrogen) atoms. The maximum absolute atomic E-state index is 12.5. The third-order valence-corrected chi connectivity index (χ3v) is 9.44. The van der Waals surface area contributed by atoms with Gasteiger partial charge < -0.3 is 15.0 Å². The van der Waals surface area contributed by atoms with E-state index < -0.39 is 14.8 Å². The van der Waals surface area contributed by atoms with Crippen LogP contribution in [-0.4, -0.2) is 92.0 Å². The molecule has 3 aromatic rings. The molecule has 3 N–H and O–H groups in total. The highest BCUT2D eigenvalue weighted by Crippen LogP contribution is 2.38. The van der Waals surface area contributed by atoms with Crippen molar-refractivity contribution in [2.24, 2.45) is 0 Å². The van der Waals surface area contributed by atoms with Crippen molar-refractivity contribution < 1.29 is 17.9 Å². The summed E-state index contributed by atoms with van der Waals surface area (Å²) < 4.78 is 32.7. The summed E-state index contributed by atoms with van der Waals surface area (Å²) in [5.74, 6) is 0.0178. The molecule has 4 rings (SSSR count). The van der Waals surface area contributed by atoms with Gasteiger partial charge in [0, 0.05) is 64.3 Å². The Morgan fingerprint density at radius 2 is 1.79 bits per heavy atom. The number of methoxy groups -OCH3 is 1. The van der Waals surface area contributed by atoms with Gasteiger partial charge in [-0.2, -0.15) is 0 Å². The van der Waals surface area contributed by atoms with Gasteiger partial charge in [0.05, 0.1) is 27.3 Å². The van der Waals surface area contributed by atoms with E-state index >= 15 is 0 Å². The summed E-state index contributed by atoms with van der Waals surface area (Å²) in [6.45, 7) is 12.3. The Hall–Kier alpha value is -3.07. The van der Waals surface area contributed by atoms with Crippen molar-refractivity contribution in [2.75, 3.05) is 67.9 Å². The van der Waals surface area contributed by atoms with Crippen LogP contribution in [0.3, 0.4) is 0 Å². The molecule has 0 unspecified atom stereocenters. The second kappa shape index (κ2) is 12.0. The van der Waals surface area contributed by atoms with Gasteiger partial charge in [-0.15, -0.1) is 0 Å². The second-order valence-corrected chi connectivity index (χ2v) is 13.6. The van der Waals surface area contributed by atoms with E-state index in [4.69, 9.17) is 4.74 Å². The number of nitrogens with one attached hydrogen (secondary N) is 3. The lowest BCUT2D eigenvalue weighted by atomic mass is 10.1. The second-order valence-electron chi connectivity index (χ2n) is 10.2. The SMILES string of the molecule is CCNC(=O)Nc1nc2cc(-c3cnc(NS(=O)(=O)C(C)(C)C)nc3)cc(N3CCN(CCOC)CC3)c2s1. The van der Waals surface area contributed by atoms with Gasteiger partial charge in [0.25, 0.3) is 0 Å². The average Bonchev–Trinajstić information content (AvgIpc) is 3.29. The van der Waals surface area contributed by atoms with Crippen molar-refractivity contribution in [1.29, 1.82) is 0 Å². The number of piperazine rings is 1. The molecule has 212 valence electrons. The number of hydrogen-bond acceptors (Lipinski definition) is 10. The predicted molar refractivity (Wildman–Crippen MR) is 156 cm³/mol. The number of rotatable bonds is 9. The first-order valence-corrected chi connectivity index (χ1v) is 15.1. The summed E-state index contributed by atoms with van der Waals surface area (Å²) >= 11 is 1.44. The standard InChI is InChI=1S/C25H36N8O4S2/c1-6-26-23(34)30-24-29-19-13-17(18-15-27-22(28-16-18)31-39(35,36)25(2,3)4)14-20(21(19)38-24)33-9-7-32(8-10-33)11-12-37-5/h13-16H,6-12H2,1-5H3,(H,27,28,31)(H2,26,29,30,34). The first-order valence-electron chi connectivity index (χ1n) is 12.8. The van der Waals surface area contributed by atoms with Gasteiger partial charge in [-0.3, -0.25) is 14.9 Å². The van der Waals surface area contributed by atoms with E-state index in [1.165, 1.54) is 11.3 Å². The van der Waals surface area contributed by atoms with Crippen LogP contribution in [0.25, 0.3) is 21.3 Å². The molecule has 1 saturated heterocycles. The van der Waals surface area contributed by atoms with Gasteiger partial charge in [0.15, 0.2) is 5.13 Å². The first-order chi connectivity index (χ1) is 18.5. The minimum Gasteiger partial charge on any atom is -0.383 e. The monoisotopic (exact) mass is 576 g/mol. The summed E-state index contributed by atoms with van der Waals surface area (Å²) in [5, 5.41) is 6.06. The molecular formula is C25H36N8O4S2. The Morgan fingerprint density at radius 1 is 1.10 bits per heavy atom. The van der Waals surface area contributed by atoms with Gasteiger partial charge in [-0.25, -0.2) is 28.2 Å². The fraction of sp³-hybridized carbons (Fsp3) is 0.520. The van der Waals surface area contributed by atoms with E-state index in [0.29, 0.717) is 18.3 Å². The van der Waals surface area contributed by atoms with Crippen LogP contribution in [0.5, 0.6) is 0 Å². The van der Waals surface area contributed by atoms with E-state index in [-0.39, 0.29) is 12.0 Å². The minimum absolute atomic E-state index is 0.0178. The number of aromatic nitrogens is 3. The fourth-order valence-electron chi connectivity index (χ4n) is 4.01. The molecule has 0 aliphatic carbocycles. The molecule has 12 nitrogen and oxygen atoms in total. The number of carbonyl (C=O) groups excluding carboxylic acids is 1. The average molecular weight is 577 g/mol. The Bertz CT molecular complexity index is 1400. The third kappa shape index (κ3) is 6.93. The molecule has 1 aliphatic rings. The summed E-state index contributed by atoms with van der Waals surface area (Å²) in [6.07, 6.45) is 3.20. The lowest BCUT2D eigenvalue weighted by molar-refractivity contribution is 0.144. The van der Waals surface area contributed by atoms with Crippen LogP contribution in [0.4, 0.5) is 21.6 Å². The van der Waals surface area contributed by atoms with E-state index in [9.17, 15) is 13.2 Å². The Balaban J connectivity index is 1.65. The molecule has 1 fully saturated rings. The molecule has 3 heterocycles. The number of urea groups is 1. The summed E-state index contributed by atoms with van der Waals surface area (Å²) in [4.78, 5) is 30.0. The molecule has 2 amide bonds. The number of nitrogens with zero attached hydrogens (tertiary/aromatic N) is 5. The number of benzene rings is 1. The molecule has 0 atom stereocenters. The van der Waals surface area contributed by atoms with Crippen LogP contribution in [0, 0.1) is 0 Å². The highest BCUT2D eigenvalue weighted by Gasteiger charge is 2.29. The number of sulfonamides is 1. The normalized spacial score (nSPS) is 14.9. The molecule has 0 saturated carbocycles. The van der Waals surface area contributed by atoms with E-state index in [2.05, 4.69) is 46.2 Å². The number of fused-ring (bicyclic) bond motifs is 1. The van der Waals surface area contributed by atoms with Crippen molar-refractivity contribution in [3.63, 3.8) is 0 Å². The van der Waals surface area contributed by atoms with Crippen molar-refractivity contribution >= 4 is 54.4 Å². The van der Waals surface area contributed by atoms with Crippen molar-refractivity contribution in [3.8, 4) is 11.1 Å². The zero-order valence-electron chi connectivity index (χ0n) is 22.9. The van der Waals surface area contributed by atoms with Crippen LogP contribution in [0.1, 0.15) is 27.7 Å². The zero-order valence-corrected chi connectivity index (χ0v) is 24.6. The fourth-order valence-corrected chi connectivity index (χ4v) is 5.64. The smallest absolute Gasteiger partial charge is 0.321 e. The van der Waals surface area contributed by atoms with E-state index in [1.54, 1.807) is 40.3 Å². The van der Waals surface area contributed by atoms with Gasteiger partial charge in [0.2, 0.25) is 16.0 Å². The summed E-state index contributed by atoms with van der Waals surface area (Å²) in [5.41, 5.74) is 3.34. The van der Waals surface area contributed by atoms with Crippen molar-refractivity contribution in [2.45, 2.75) is 32.4 Å². The molecule has 1 aromatic carbocycles. The van der Waals surface area contributed by atoms with Crippen LogP contribution >= 0.6 is 11.3 Å². The maximum Gasteiger partial charge on any atom is 0.321 e. The predicted octanol–water partition coefficient (Wildman–Crippen LogP) is 3.20. The topological polar surface area (TPSA) is 142 Å². The number of amides is 2. The number of thiazole rings is 1. The zero-order chi connectivity index (χ0) is 28.2. The summed E-state index contributed by atoms with van der Waals surface area (Å²) in [7, 11) is -1.93. The number of ether oxygens (including phenoxy) is 1. The number of hydrogen-bond donors (Lipinski definition) is 3. The van der Waals surface area contributed by atoms with Gasteiger partial charge in [-0.05, 0) is 45.4 Å². The maximum atomic E-state index is 12.5. The lowest BCUT2D eigenvalue weighted by Gasteiger charge is -2.36. The summed E-state index contributed by atoms with van der Waals surface area (Å²) in [6, 6.07) is 3.72. The molecule has 2 aromatic heterocycles. The van der Waals surface area contributed by atoms with Gasteiger partial charge in [0.1, 0.15) is 0 Å². The van der Waals surface area contributed by atoms with Crippen molar-refractivity contribution in [3.05, 3.63) is 24.5 Å². The van der Waals surface area contributed by atoms with Gasteiger partial charge in [-0.1, -0.05) is 11.3 Å². The highest BCUT2D eigenvalue weighted by atomic mass is 32.2. The van der Waals surface area contributed by atoms with E-state index in [0.717, 1.165) is 59.8 Å². The number of carbonyl (C=O) groups is 1. The van der Waals surface area contributed by atoms with E-state index in [1.807, 2.05) is 13.0 Å². The highest BCUT2D eigenvalue weighted by molar-refractivity contribution is 7.94. The Labute approximate surface area is 233 Å². The van der Waals surface area contributed by atoms with Crippen LogP contribution in [0.15, 0.2) is 24.5 Å². The largest absolute Gasteiger partial charge is 0.383 e. The molecule has 1 aliphatic heterocycles.